The molecule has 0 aromatic rings. The van der Waals surface area contributed by atoms with Crippen molar-refractivity contribution in [1.29, 1.82) is 0 Å². The third-order valence-electron chi connectivity index (χ3n) is 1.54. The largest absolute Gasteiger partial charge is 0.631 e. The van der Waals surface area contributed by atoms with Crippen molar-refractivity contribution >= 4 is 31.2 Å². The summed E-state index contributed by atoms with van der Waals surface area (Å²) in [4.78, 5) is 39.7. The van der Waals surface area contributed by atoms with E-state index in [0.717, 1.165) is 12.2 Å². The maximum Gasteiger partial charge on any atom is 0.631 e. The van der Waals surface area contributed by atoms with Crippen molar-refractivity contribution in [3.63, 3.8) is 0 Å². The molecule has 0 unspecified atom stereocenters. The predicted molar refractivity (Wildman–Crippen MR) is 70.3 cm³/mol. The second-order valence-electron chi connectivity index (χ2n) is 3.13. The molecule has 0 atom stereocenters. The minimum Gasteiger partial charge on any atom is -0.480 e. The van der Waals surface area contributed by atoms with Gasteiger partial charge in [0.2, 0.25) is 0 Å². The van der Waals surface area contributed by atoms with E-state index in [0.29, 0.717) is 0 Å². The first kappa shape index (κ1) is 24.3. The zero-order chi connectivity index (χ0) is 18.5. The van der Waals surface area contributed by atoms with E-state index >= 15 is 0 Å². The van der Waals surface area contributed by atoms with Gasteiger partial charge in [0.15, 0.2) is 11.8 Å². The molecule has 0 aromatic heterocycles. The third kappa shape index (κ3) is 15.4. The lowest BCUT2D eigenvalue weighted by Crippen LogP contribution is -2.20. The summed E-state index contributed by atoms with van der Waals surface area (Å²) in [5.41, 5.74) is 0. The predicted octanol–water partition coefficient (Wildman–Crippen LogP) is -2.14. The van der Waals surface area contributed by atoms with Gasteiger partial charge in [-0.05, 0) is 0 Å². The summed E-state index contributed by atoms with van der Waals surface area (Å²) in [6, 6.07) is 0. The molecule has 0 fully saturated rings. The molecule has 0 bridgehead atoms. The van der Waals surface area contributed by atoms with Gasteiger partial charge in [0.25, 0.3) is 0 Å². The lowest BCUT2D eigenvalue weighted by atomic mass is 10.1. The molecule has 0 saturated heterocycles. The Balaban J connectivity index is -0.000000266. The number of hydrogen-bond acceptors (Lipinski definition) is 7. The molecular formula is C10H15BO11. The van der Waals surface area contributed by atoms with E-state index in [9.17, 15) is 19.2 Å². The van der Waals surface area contributed by atoms with Gasteiger partial charge in [0, 0.05) is 0 Å². The summed E-state index contributed by atoms with van der Waals surface area (Å²) in [6.07, 6.45) is 1.73. The van der Waals surface area contributed by atoms with Gasteiger partial charge in [0.05, 0.1) is 0 Å². The van der Waals surface area contributed by atoms with Crippen LogP contribution >= 0.6 is 0 Å². The van der Waals surface area contributed by atoms with E-state index in [-0.39, 0.29) is 0 Å². The Hall–Kier alpha value is -2.70. The van der Waals surface area contributed by atoms with E-state index in [1.165, 1.54) is 0 Å². The number of carboxylic acids is 4. The van der Waals surface area contributed by atoms with Gasteiger partial charge in [-0.25, -0.2) is 0 Å². The van der Waals surface area contributed by atoms with Crippen LogP contribution in [0.4, 0.5) is 0 Å². The molecular weight excluding hydrogens is 307 g/mol. The zero-order valence-electron chi connectivity index (χ0n) is 11.1. The molecule has 0 rings (SSSR count). The molecule has 0 heterocycles. The monoisotopic (exact) mass is 322 g/mol. The molecule has 12 heteroatoms. The average molecular weight is 322 g/mol. The lowest BCUT2D eigenvalue weighted by molar-refractivity contribution is -0.153. The molecule has 0 amide bonds. The lowest BCUT2D eigenvalue weighted by Gasteiger charge is -1.96. The Bertz CT molecular complexity index is 350. The van der Waals surface area contributed by atoms with Crippen molar-refractivity contribution in [3.8, 4) is 0 Å². The van der Waals surface area contributed by atoms with Crippen LogP contribution in [0, 0.1) is 11.8 Å². The van der Waals surface area contributed by atoms with Crippen LogP contribution in [-0.2, 0) is 19.2 Å². The fourth-order valence-electron chi connectivity index (χ4n) is 0.615. The first-order chi connectivity index (χ1) is 9.91. The van der Waals surface area contributed by atoms with E-state index in [2.05, 4.69) is 13.2 Å². The fourth-order valence-corrected chi connectivity index (χ4v) is 0.615. The van der Waals surface area contributed by atoms with Gasteiger partial charge < -0.3 is 35.5 Å². The van der Waals surface area contributed by atoms with E-state index in [1.807, 2.05) is 0 Å². The zero-order valence-corrected chi connectivity index (χ0v) is 11.1. The average Bonchev–Trinajstić information content (AvgIpc) is 2.28. The highest BCUT2D eigenvalue weighted by atomic mass is 16.5. The molecule has 0 saturated carbocycles. The number of hydrogen-bond donors (Lipinski definition) is 7. The molecule has 0 spiro atoms. The summed E-state index contributed by atoms with van der Waals surface area (Å²) in [6.45, 7) is 6.08. The van der Waals surface area contributed by atoms with Crippen LogP contribution < -0.4 is 0 Å². The van der Waals surface area contributed by atoms with E-state index in [1.54, 1.807) is 0 Å². The van der Waals surface area contributed by atoms with Gasteiger partial charge >= 0.3 is 31.2 Å². The molecule has 0 aliphatic rings. The SMILES string of the molecule is C=CC(C(=O)O)C(=O)O.C=CC(C(=O)O)C(=O)O.OB(O)O. The number of carbonyl (C=O) groups is 4. The Morgan fingerprint density at radius 1 is 0.682 bits per heavy atom. The van der Waals surface area contributed by atoms with Crippen LogP contribution in [0.1, 0.15) is 0 Å². The Morgan fingerprint density at radius 3 is 0.818 bits per heavy atom. The second kappa shape index (κ2) is 13.3. The second-order valence-corrected chi connectivity index (χ2v) is 3.13. The molecule has 0 aromatic carbocycles. The number of carboxylic acid groups (broad SMARTS) is 4. The molecule has 11 nitrogen and oxygen atoms in total. The molecule has 7 N–H and O–H groups in total. The van der Waals surface area contributed by atoms with Crippen LogP contribution in [0.25, 0.3) is 0 Å². The maximum absolute atomic E-state index is 9.92. The van der Waals surface area contributed by atoms with Crippen LogP contribution in [0.2, 0.25) is 0 Å². The molecule has 22 heavy (non-hydrogen) atoms. The highest BCUT2D eigenvalue weighted by Gasteiger charge is 2.21. The van der Waals surface area contributed by atoms with Crippen LogP contribution in [0.5, 0.6) is 0 Å². The van der Waals surface area contributed by atoms with Crippen LogP contribution in [0.15, 0.2) is 25.3 Å². The summed E-state index contributed by atoms with van der Waals surface area (Å²) in [7, 11) is -2.17. The minimum atomic E-state index is -2.17. The highest BCUT2D eigenvalue weighted by Crippen LogP contribution is 1.96. The number of aliphatic carboxylic acids is 4. The third-order valence-corrected chi connectivity index (χ3v) is 1.54. The van der Waals surface area contributed by atoms with Crippen molar-refractivity contribution in [1.82, 2.24) is 0 Å². The summed E-state index contributed by atoms with van der Waals surface area (Å²) in [5.74, 6) is -8.53. The maximum atomic E-state index is 9.92. The Morgan fingerprint density at radius 2 is 0.818 bits per heavy atom. The van der Waals surface area contributed by atoms with Gasteiger partial charge in [-0.15, -0.1) is 13.2 Å². The van der Waals surface area contributed by atoms with Gasteiger partial charge in [-0.2, -0.15) is 0 Å². The first-order valence-electron chi connectivity index (χ1n) is 5.12. The van der Waals surface area contributed by atoms with Gasteiger partial charge in [-0.1, -0.05) is 12.2 Å². The first-order valence-corrected chi connectivity index (χ1v) is 5.12. The van der Waals surface area contributed by atoms with E-state index < -0.39 is 43.0 Å². The fraction of sp³-hybridized carbons (Fsp3) is 0.200. The van der Waals surface area contributed by atoms with Crippen molar-refractivity contribution in [3.05, 3.63) is 25.3 Å². The van der Waals surface area contributed by atoms with Crippen molar-refractivity contribution in [2.75, 3.05) is 0 Å². The van der Waals surface area contributed by atoms with Crippen molar-refractivity contribution < 1.29 is 54.7 Å². The molecule has 0 radical (unpaired) electrons. The molecule has 124 valence electrons. The summed E-state index contributed by atoms with van der Waals surface area (Å²) >= 11 is 0. The Kier molecular flexibility index (Phi) is 14.7. The summed E-state index contributed by atoms with van der Waals surface area (Å²) in [5, 5.41) is 53.9. The standard InChI is InChI=1S/2C5H6O4.BH3O3/c2*1-2-3(4(6)7)5(8)9;2-1(3)4/h2*2-3H,1H2,(H,6,7)(H,8,9);2-4H. The van der Waals surface area contributed by atoms with E-state index in [4.69, 9.17) is 35.5 Å². The summed E-state index contributed by atoms with van der Waals surface area (Å²) < 4.78 is 0. The normalized spacial score (nSPS) is 8.59. The topological polar surface area (TPSA) is 210 Å². The molecule has 0 aliphatic carbocycles. The Labute approximate surface area is 124 Å². The highest BCUT2D eigenvalue weighted by molar-refractivity contribution is 6.30. The van der Waals surface area contributed by atoms with Gasteiger partial charge in [-0.3, -0.25) is 19.2 Å². The number of rotatable bonds is 6. The molecule has 0 aliphatic heterocycles. The van der Waals surface area contributed by atoms with Crippen molar-refractivity contribution in [2.45, 2.75) is 0 Å². The minimum absolute atomic E-state index is 0.866. The smallest absolute Gasteiger partial charge is 0.480 e. The van der Waals surface area contributed by atoms with Crippen LogP contribution in [-0.4, -0.2) is 66.7 Å². The van der Waals surface area contributed by atoms with Crippen molar-refractivity contribution in [2.24, 2.45) is 11.8 Å². The van der Waals surface area contributed by atoms with Gasteiger partial charge in [0.1, 0.15) is 0 Å². The quantitative estimate of drug-likeness (QED) is 0.159. The van der Waals surface area contributed by atoms with Crippen LogP contribution in [0.3, 0.4) is 0 Å².